The smallest absolute Gasteiger partial charge is 0.257 e. The molecule has 1 aliphatic heterocycles. The summed E-state index contributed by atoms with van der Waals surface area (Å²) in [6.45, 7) is 0.846. The molecule has 1 aliphatic rings. The normalized spacial score (nSPS) is 17.2. The number of benzene rings is 1. The number of pyridine rings is 1. The molecule has 3 N–H and O–H groups in total. The van der Waals surface area contributed by atoms with E-state index in [1.165, 1.54) is 12.3 Å². The van der Waals surface area contributed by atoms with E-state index in [1.54, 1.807) is 35.2 Å². The molecule has 0 bridgehead atoms. The van der Waals surface area contributed by atoms with E-state index >= 15 is 0 Å². The first-order valence-corrected chi connectivity index (χ1v) is 8.11. The summed E-state index contributed by atoms with van der Waals surface area (Å²) in [7, 11) is 0. The summed E-state index contributed by atoms with van der Waals surface area (Å²) in [5.41, 5.74) is 5.94. The summed E-state index contributed by atoms with van der Waals surface area (Å²) in [6.07, 6.45) is 2.94. The van der Waals surface area contributed by atoms with Crippen LogP contribution >= 0.6 is 0 Å². The minimum Gasteiger partial charge on any atom is -0.369 e. The fraction of sp³-hybridized carbons (Fsp3) is 0.278. The third-order valence-electron chi connectivity index (χ3n) is 4.28. The van der Waals surface area contributed by atoms with Crippen molar-refractivity contribution in [1.82, 2.24) is 9.88 Å². The average Bonchev–Trinajstić information content (AvgIpc) is 2.63. The molecule has 2 heterocycles. The highest BCUT2D eigenvalue weighted by molar-refractivity contribution is 5.99. The van der Waals surface area contributed by atoms with E-state index in [9.17, 15) is 14.0 Å². The number of nitrogens with two attached hydrogens (primary N) is 1. The molecule has 6 nitrogen and oxygen atoms in total. The third-order valence-corrected chi connectivity index (χ3v) is 4.28. The van der Waals surface area contributed by atoms with Gasteiger partial charge in [-0.1, -0.05) is 12.1 Å². The quantitative estimate of drug-likeness (QED) is 0.892. The van der Waals surface area contributed by atoms with Crippen molar-refractivity contribution in [1.29, 1.82) is 0 Å². The maximum Gasteiger partial charge on any atom is 0.257 e. The number of likely N-dealkylation sites (tertiary alicyclic amines) is 1. The van der Waals surface area contributed by atoms with Gasteiger partial charge in [0.1, 0.15) is 11.6 Å². The molecular weight excluding hydrogens is 323 g/mol. The standard InChI is InChI=1S/C18H19FN4O2/c19-14-7-1-2-8-15(14)22-17-13(6-3-9-21-17)18(25)23-10-4-5-12(11-23)16(20)24/h1-3,6-9,12H,4-5,10-11H2,(H2,20,24)(H,21,22). The topological polar surface area (TPSA) is 88.3 Å². The summed E-state index contributed by atoms with van der Waals surface area (Å²) < 4.78 is 13.9. The van der Waals surface area contributed by atoms with E-state index in [1.807, 2.05) is 0 Å². The van der Waals surface area contributed by atoms with Gasteiger partial charge in [0, 0.05) is 19.3 Å². The van der Waals surface area contributed by atoms with E-state index in [2.05, 4.69) is 10.3 Å². The fourth-order valence-electron chi connectivity index (χ4n) is 2.93. The Balaban J connectivity index is 1.84. The molecule has 0 aliphatic carbocycles. The van der Waals surface area contributed by atoms with Gasteiger partial charge in [-0.25, -0.2) is 9.37 Å². The summed E-state index contributed by atoms with van der Waals surface area (Å²) >= 11 is 0. The van der Waals surface area contributed by atoms with E-state index in [0.29, 0.717) is 25.1 Å². The largest absolute Gasteiger partial charge is 0.369 e. The van der Waals surface area contributed by atoms with E-state index in [4.69, 9.17) is 5.73 Å². The highest BCUT2D eigenvalue weighted by atomic mass is 19.1. The van der Waals surface area contributed by atoms with Gasteiger partial charge in [0.25, 0.3) is 5.91 Å². The molecule has 0 radical (unpaired) electrons. The second kappa shape index (κ2) is 7.29. The van der Waals surface area contributed by atoms with Gasteiger partial charge < -0.3 is 16.0 Å². The number of carbonyl (C=O) groups excluding carboxylic acids is 2. The molecule has 1 atom stereocenters. The van der Waals surface area contributed by atoms with E-state index < -0.39 is 11.7 Å². The van der Waals surface area contributed by atoms with Crippen LogP contribution in [0, 0.1) is 11.7 Å². The second-order valence-electron chi connectivity index (χ2n) is 6.00. The molecule has 7 heteroatoms. The van der Waals surface area contributed by atoms with Crippen LogP contribution in [-0.2, 0) is 4.79 Å². The number of hydrogen-bond donors (Lipinski definition) is 2. The van der Waals surface area contributed by atoms with Crippen LogP contribution in [0.3, 0.4) is 0 Å². The number of amides is 2. The summed E-state index contributed by atoms with van der Waals surface area (Å²) in [4.78, 5) is 30.1. The Labute approximate surface area is 144 Å². The zero-order chi connectivity index (χ0) is 17.8. The number of piperidine rings is 1. The third kappa shape index (κ3) is 3.76. The van der Waals surface area contributed by atoms with Crippen LogP contribution in [-0.4, -0.2) is 34.8 Å². The number of nitrogens with one attached hydrogen (secondary N) is 1. The first-order valence-electron chi connectivity index (χ1n) is 8.11. The van der Waals surface area contributed by atoms with Crippen LogP contribution in [0.25, 0.3) is 0 Å². The number of primary amides is 1. The summed E-state index contributed by atoms with van der Waals surface area (Å²) in [5, 5.41) is 2.87. The van der Waals surface area contributed by atoms with Gasteiger partial charge >= 0.3 is 0 Å². The molecule has 0 spiro atoms. The number of hydrogen-bond acceptors (Lipinski definition) is 4. The number of nitrogens with zero attached hydrogens (tertiary/aromatic N) is 2. The van der Waals surface area contributed by atoms with Gasteiger partial charge in [0.05, 0.1) is 17.2 Å². The first kappa shape index (κ1) is 16.9. The van der Waals surface area contributed by atoms with E-state index in [-0.39, 0.29) is 23.3 Å². The van der Waals surface area contributed by atoms with Gasteiger partial charge in [-0.3, -0.25) is 9.59 Å². The molecule has 0 saturated carbocycles. The number of para-hydroxylation sites is 1. The molecule has 1 aromatic heterocycles. The summed E-state index contributed by atoms with van der Waals surface area (Å²) in [6, 6.07) is 9.46. The molecule has 25 heavy (non-hydrogen) atoms. The highest BCUT2D eigenvalue weighted by Crippen LogP contribution is 2.24. The van der Waals surface area contributed by atoms with Gasteiger partial charge in [-0.15, -0.1) is 0 Å². The Morgan fingerprint density at radius 1 is 1.24 bits per heavy atom. The van der Waals surface area contributed by atoms with Crippen LogP contribution < -0.4 is 11.1 Å². The first-order chi connectivity index (χ1) is 12.1. The Bertz CT molecular complexity index is 796. The van der Waals surface area contributed by atoms with Crippen molar-refractivity contribution in [3.05, 3.63) is 54.0 Å². The van der Waals surface area contributed by atoms with Crippen molar-refractivity contribution < 1.29 is 14.0 Å². The monoisotopic (exact) mass is 342 g/mol. The van der Waals surface area contributed by atoms with Crippen molar-refractivity contribution in [3.8, 4) is 0 Å². The molecule has 1 saturated heterocycles. The zero-order valence-electron chi connectivity index (χ0n) is 13.6. The Morgan fingerprint density at radius 2 is 2.04 bits per heavy atom. The van der Waals surface area contributed by atoms with Crippen LogP contribution in [0.5, 0.6) is 0 Å². The van der Waals surface area contributed by atoms with E-state index in [0.717, 1.165) is 6.42 Å². The number of aromatic nitrogens is 1. The Hall–Kier alpha value is -2.96. The van der Waals surface area contributed by atoms with Crippen molar-refractivity contribution in [2.24, 2.45) is 11.7 Å². The summed E-state index contributed by atoms with van der Waals surface area (Å²) in [5.74, 6) is -1.14. The van der Waals surface area contributed by atoms with Crippen LogP contribution in [0.2, 0.25) is 0 Å². The number of halogens is 1. The SMILES string of the molecule is NC(=O)C1CCCN(C(=O)c2cccnc2Nc2ccccc2F)C1. The lowest BCUT2D eigenvalue weighted by molar-refractivity contribution is -0.123. The lowest BCUT2D eigenvalue weighted by Crippen LogP contribution is -2.44. The molecule has 1 aromatic carbocycles. The van der Waals surface area contributed by atoms with Crippen LogP contribution in [0.4, 0.5) is 15.9 Å². The lowest BCUT2D eigenvalue weighted by Gasteiger charge is -2.31. The predicted molar refractivity (Wildman–Crippen MR) is 91.7 cm³/mol. The Kier molecular flexibility index (Phi) is 4.92. The minimum absolute atomic E-state index is 0.240. The zero-order valence-corrected chi connectivity index (χ0v) is 13.6. The molecule has 2 aromatic rings. The van der Waals surface area contributed by atoms with Crippen molar-refractivity contribution in [3.63, 3.8) is 0 Å². The van der Waals surface area contributed by atoms with Gasteiger partial charge in [-0.05, 0) is 37.1 Å². The molecular formula is C18H19FN4O2. The maximum atomic E-state index is 13.9. The molecule has 130 valence electrons. The van der Waals surface area contributed by atoms with Crippen molar-refractivity contribution in [2.75, 3.05) is 18.4 Å². The predicted octanol–water partition coefficient (Wildman–Crippen LogP) is 2.30. The maximum absolute atomic E-state index is 13.9. The molecule has 1 fully saturated rings. The Morgan fingerprint density at radius 3 is 2.80 bits per heavy atom. The molecule has 2 amide bonds. The van der Waals surface area contributed by atoms with Crippen LogP contribution in [0.15, 0.2) is 42.6 Å². The van der Waals surface area contributed by atoms with Gasteiger partial charge in [0.15, 0.2) is 0 Å². The van der Waals surface area contributed by atoms with Crippen molar-refractivity contribution >= 4 is 23.3 Å². The fourth-order valence-corrected chi connectivity index (χ4v) is 2.93. The molecule has 3 rings (SSSR count). The molecule has 1 unspecified atom stereocenters. The van der Waals surface area contributed by atoms with Gasteiger partial charge in [0.2, 0.25) is 5.91 Å². The van der Waals surface area contributed by atoms with Gasteiger partial charge in [-0.2, -0.15) is 0 Å². The average molecular weight is 342 g/mol. The number of rotatable bonds is 4. The highest BCUT2D eigenvalue weighted by Gasteiger charge is 2.28. The van der Waals surface area contributed by atoms with Crippen molar-refractivity contribution in [2.45, 2.75) is 12.8 Å². The number of carbonyl (C=O) groups is 2. The van der Waals surface area contributed by atoms with Crippen LogP contribution in [0.1, 0.15) is 23.2 Å². The minimum atomic E-state index is -0.432. The lowest BCUT2D eigenvalue weighted by atomic mass is 9.97. The second-order valence-corrected chi connectivity index (χ2v) is 6.00. The number of anilines is 2.